The molecular weight excluding hydrogens is 130 g/mol. The number of Topliss-reactive ketones (excluding diaryl/α,β-unsaturated/α-hetero) is 1. The molecule has 0 aromatic rings. The van der Waals surface area contributed by atoms with Crippen molar-refractivity contribution in [3.63, 3.8) is 0 Å². The molecule has 0 radical (unpaired) electrons. The highest BCUT2D eigenvalue weighted by molar-refractivity contribution is 5.81. The Morgan fingerprint density at radius 1 is 2.00 bits per heavy atom. The smallest absolute Gasteiger partial charge is 0.139 e. The second-order valence-corrected chi connectivity index (χ2v) is 1.86. The van der Waals surface area contributed by atoms with Crippen LogP contribution in [0.15, 0.2) is 17.8 Å². The van der Waals surface area contributed by atoms with Crippen LogP contribution in [0.25, 0.3) is 10.4 Å². The lowest BCUT2D eigenvalue weighted by molar-refractivity contribution is -0.118. The average molecular weight is 139 g/mol. The van der Waals surface area contributed by atoms with E-state index < -0.39 is 6.04 Å². The summed E-state index contributed by atoms with van der Waals surface area (Å²) < 4.78 is 0. The van der Waals surface area contributed by atoms with E-state index in [9.17, 15) is 4.79 Å². The van der Waals surface area contributed by atoms with Crippen molar-refractivity contribution in [3.05, 3.63) is 23.1 Å². The lowest BCUT2D eigenvalue weighted by Gasteiger charge is -1.99. The van der Waals surface area contributed by atoms with Gasteiger partial charge in [-0.3, -0.25) is 4.79 Å². The van der Waals surface area contributed by atoms with Crippen molar-refractivity contribution < 1.29 is 4.79 Å². The van der Waals surface area contributed by atoms with E-state index in [4.69, 9.17) is 5.53 Å². The summed E-state index contributed by atoms with van der Waals surface area (Å²) in [7, 11) is 0. The molecule has 0 saturated heterocycles. The maximum Gasteiger partial charge on any atom is 0.139 e. The van der Waals surface area contributed by atoms with Gasteiger partial charge in [0.1, 0.15) is 5.78 Å². The van der Waals surface area contributed by atoms with E-state index in [1.807, 2.05) is 0 Å². The molecule has 0 N–H and O–H groups in total. The van der Waals surface area contributed by atoms with Crippen molar-refractivity contribution in [3.8, 4) is 0 Å². The third-order valence-electron chi connectivity index (χ3n) is 1.05. The second-order valence-electron chi connectivity index (χ2n) is 1.86. The Balaban J connectivity index is 4.10. The van der Waals surface area contributed by atoms with Crippen LogP contribution in [0.3, 0.4) is 0 Å². The summed E-state index contributed by atoms with van der Waals surface area (Å²) in [5, 5.41) is 3.27. The first-order valence-corrected chi connectivity index (χ1v) is 2.88. The average Bonchev–Trinajstić information content (AvgIpc) is 1.87. The van der Waals surface area contributed by atoms with Crippen LogP contribution < -0.4 is 0 Å². The van der Waals surface area contributed by atoms with Gasteiger partial charge in [-0.2, -0.15) is 0 Å². The van der Waals surface area contributed by atoms with Gasteiger partial charge in [-0.05, 0) is 18.9 Å². The molecule has 0 rings (SSSR count). The van der Waals surface area contributed by atoms with Gasteiger partial charge < -0.3 is 0 Å². The molecule has 1 atom stereocenters. The van der Waals surface area contributed by atoms with Crippen LogP contribution in [-0.4, -0.2) is 11.8 Å². The molecule has 0 bridgehead atoms. The first-order chi connectivity index (χ1) is 4.72. The number of nitrogens with zero attached hydrogens (tertiary/aromatic N) is 3. The molecule has 0 spiro atoms. The Morgan fingerprint density at radius 3 is 2.90 bits per heavy atom. The minimum Gasteiger partial charge on any atom is -0.300 e. The van der Waals surface area contributed by atoms with Gasteiger partial charge in [0, 0.05) is 4.91 Å². The van der Waals surface area contributed by atoms with Crippen LogP contribution in [0.2, 0.25) is 0 Å². The fourth-order valence-electron chi connectivity index (χ4n) is 0.515. The minimum atomic E-state index is -0.567. The highest BCUT2D eigenvalue weighted by Gasteiger charge is 2.08. The van der Waals surface area contributed by atoms with Crippen LogP contribution >= 0.6 is 0 Å². The number of hydrogen-bond donors (Lipinski definition) is 0. The van der Waals surface area contributed by atoms with E-state index in [0.717, 1.165) is 0 Å². The first-order valence-electron chi connectivity index (χ1n) is 2.88. The molecule has 0 saturated carbocycles. The molecule has 0 aliphatic rings. The Labute approximate surface area is 59.2 Å². The van der Waals surface area contributed by atoms with E-state index >= 15 is 0 Å². The number of carbonyl (C=O) groups is 1. The van der Waals surface area contributed by atoms with Crippen LogP contribution in [0.4, 0.5) is 0 Å². The molecule has 0 aliphatic heterocycles. The van der Waals surface area contributed by atoms with Crippen molar-refractivity contribution in [2.24, 2.45) is 5.11 Å². The summed E-state index contributed by atoms with van der Waals surface area (Å²) in [6.07, 6.45) is 1.97. The van der Waals surface area contributed by atoms with Gasteiger partial charge >= 0.3 is 0 Å². The van der Waals surface area contributed by atoms with E-state index in [1.165, 1.54) is 6.92 Å². The van der Waals surface area contributed by atoms with E-state index in [-0.39, 0.29) is 5.78 Å². The lowest BCUT2D eigenvalue weighted by Crippen LogP contribution is -2.12. The van der Waals surface area contributed by atoms with Crippen LogP contribution in [0.5, 0.6) is 0 Å². The predicted octanol–water partition coefficient (Wildman–Crippen LogP) is 1.83. The van der Waals surface area contributed by atoms with Crippen molar-refractivity contribution in [2.45, 2.75) is 19.4 Å². The molecule has 10 heavy (non-hydrogen) atoms. The molecular formula is C6H9N3O. The second kappa shape index (κ2) is 4.58. The number of ketones is 1. The fraction of sp³-hybridized carbons (Fsp3) is 0.500. The Bertz CT molecular complexity index is 179. The fourth-order valence-corrected chi connectivity index (χ4v) is 0.515. The third-order valence-corrected chi connectivity index (χ3v) is 1.05. The Kier molecular flexibility index (Phi) is 4.00. The Hall–Kier alpha value is -1.28. The summed E-state index contributed by atoms with van der Waals surface area (Å²) in [6, 6.07) is -0.567. The molecule has 0 amide bonds. The lowest BCUT2D eigenvalue weighted by atomic mass is 10.1. The van der Waals surface area contributed by atoms with Crippen LogP contribution in [-0.2, 0) is 4.79 Å². The summed E-state index contributed by atoms with van der Waals surface area (Å²) >= 11 is 0. The van der Waals surface area contributed by atoms with Crippen molar-refractivity contribution in [2.75, 3.05) is 0 Å². The standard InChI is InChI=1S/C6H9N3O/c1-3-4-6(5(2)10)8-9-7/h3,6H,1,4H2,2H3. The van der Waals surface area contributed by atoms with Gasteiger partial charge in [-0.15, -0.1) is 6.58 Å². The molecule has 0 aromatic heterocycles. The van der Waals surface area contributed by atoms with Crippen molar-refractivity contribution in [1.29, 1.82) is 0 Å². The zero-order valence-corrected chi connectivity index (χ0v) is 5.82. The molecule has 54 valence electrons. The van der Waals surface area contributed by atoms with Gasteiger partial charge in [0.2, 0.25) is 0 Å². The van der Waals surface area contributed by atoms with E-state index in [1.54, 1.807) is 6.08 Å². The molecule has 4 nitrogen and oxygen atoms in total. The molecule has 0 aliphatic carbocycles. The molecule has 0 heterocycles. The number of azide groups is 1. The van der Waals surface area contributed by atoms with E-state index in [2.05, 4.69) is 16.6 Å². The van der Waals surface area contributed by atoms with Gasteiger partial charge in [0.05, 0.1) is 6.04 Å². The topological polar surface area (TPSA) is 65.8 Å². The van der Waals surface area contributed by atoms with E-state index in [0.29, 0.717) is 6.42 Å². The number of carbonyl (C=O) groups excluding carboxylic acids is 1. The first kappa shape index (κ1) is 8.72. The van der Waals surface area contributed by atoms with Gasteiger partial charge in [-0.1, -0.05) is 11.2 Å². The quantitative estimate of drug-likeness (QED) is 0.253. The summed E-state index contributed by atoms with van der Waals surface area (Å²) in [5.74, 6) is -0.127. The van der Waals surface area contributed by atoms with Crippen molar-refractivity contribution >= 4 is 5.78 Å². The van der Waals surface area contributed by atoms with Gasteiger partial charge in [0.15, 0.2) is 0 Å². The Morgan fingerprint density at radius 2 is 2.60 bits per heavy atom. The minimum absolute atomic E-state index is 0.127. The SMILES string of the molecule is C=CCC(N=[N+]=[N-])C(C)=O. The highest BCUT2D eigenvalue weighted by atomic mass is 16.1. The molecule has 1 unspecified atom stereocenters. The summed E-state index contributed by atoms with van der Waals surface area (Å²) in [5.41, 5.74) is 7.98. The number of rotatable bonds is 4. The van der Waals surface area contributed by atoms with Gasteiger partial charge in [-0.25, -0.2) is 0 Å². The van der Waals surface area contributed by atoms with Crippen molar-refractivity contribution in [1.82, 2.24) is 0 Å². The summed E-state index contributed by atoms with van der Waals surface area (Å²) in [6.45, 7) is 4.82. The highest BCUT2D eigenvalue weighted by Crippen LogP contribution is 1.99. The monoisotopic (exact) mass is 139 g/mol. The maximum atomic E-state index is 10.6. The normalized spacial score (nSPS) is 11.3. The predicted molar refractivity (Wildman–Crippen MR) is 38.4 cm³/mol. The maximum absolute atomic E-state index is 10.6. The zero-order chi connectivity index (χ0) is 7.98. The largest absolute Gasteiger partial charge is 0.300 e. The molecule has 0 fully saturated rings. The van der Waals surface area contributed by atoms with Crippen LogP contribution in [0, 0.1) is 0 Å². The third kappa shape index (κ3) is 2.89. The number of hydrogen-bond acceptors (Lipinski definition) is 2. The molecule has 0 aromatic carbocycles. The van der Waals surface area contributed by atoms with Crippen LogP contribution in [0.1, 0.15) is 13.3 Å². The molecule has 4 heteroatoms. The van der Waals surface area contributed by atoms with Gasteiger partial charge in [0.25, 0.3) is 0 Å². The zero-order valence-electron chi connectivity index (χ0n) is 5.82. The summed E-state index contributed by atoms with van der Waals surface area (Å²) in [4.78, 5) is 13.1.